The Hall–Kier alpha value is -2.27. The van der Waals surface area contributed by atoms with Gasteiger partial charge in [-0.05, 0) is 30.7 Å². The van der Waals surface area contributed by atoms with Crippen LogP contribution in [0.1, 0.15) is 5.56 Å². The Morgan fingerprint density at radius 1 is 1.24 bits per heavy atom. The minimum absolute atomic E-state index is 0.705. The van der Waals surface area contributed by atoms with Crippen molar-refractivity contribution >= 4 is 11.8 Å². The standard InChI is InChI=1S/C16H15N3OS/c1-3-11-21-16-18-17-15(14-9-6-10-20-14)19(16)13-8-5-4-7-12(13)2/h3-10H,1,11H2,2H3. The zero-order valence-electron chi connectivity index (χ0n) is 11.7. The molecule has 0 saturated carbocycles. The van der Waals surface area contributed by atoms with E-state index in [1.807, 2.05) is 34.9 Å². The van der Waals surface area contributed by atoms with Gasteiger partial charge in [-0.15, -0.1) is 16.8 Å². The summed E-state index contributed by atoms with van der Waals surface area (Å²) in [6.07, 6.45) is 3.50. The summed E-state index contributed by atoms with van der Waals surface area (Å²) >= 11 is 1.60. The van der Waals surface area contributed by atoms with Crippen molar-refractivity contribution in [1.82, 2.24) is 14.8 Å². The van der Waals surface area contributed by atoms with Gasteiger partial charge in [0.2, 0.25) is 5.82 Å². The molecule has 0 amide bonds. The largest absolute Gasteiger partial charge is 0.461 e. The normalized spacial score (nSPS) is 10.7. The minimum Gasteiger partial charge on any atom is -0.461 e. The predicted molar refractivity (Wildman–Crippen MR) is 84.7 cm³/mol. The van der Waals surface area contributed by atoms with E-state index in [1.165, 1.54) is 0 Å². The topological polar surface area (TPSA) is 43.9 Å². The second-order valence-electron chi connectivity index (χ2n) is 4.51. The van der Waals surface area contributed by atoms with E-state index in [1.54, 1.807) is 18.0 Å². The lowest BCUT2D eigenvalue weighted by molar-refractivity contribution is 0.575. The zero-order chi connectivity index (χ0) is 14.7. The number of nitrogens with zero attached hydrogens (tertiary/aromatic N) is 3. The fraction of sp³-hybridized carbons (Fsp3) is 0.125. The van der Waals surface area contributed by atoms with Crippen LogP contribution in [0.3, 0.4) is 0 Å². The molecule has 0 aliphatic carbocycles. The Morgan fingerprint density at radius 3 is 2.81 bits per heavy atom. The molecule has 0 N–H and O–H groups in total. The molecule has 21 heavy (non-hydrogen) atoms. The molecule has 106 valence electrons. The summed E-state index contributed by atoms with van der Waals surface area (Å²) in [5, 5.41) is 9.42. The SMILES string of the molecule is C=CCSc1nnc(-c2ccco2)n1-c1ccccc1C. The van der Waals surface area contributed by atoms with E-state index in [9.17, 15) is 0 Å². The lowest BCUT2D eigenvalue weighted by Gasteiger charge is -2.11. The maximum absolute atomic E-state index is 5.49. The van der Waals surface area contributed by atoms with E-state index >= 15 is 0 Å². The molecule has 0 spiro atoms. The molecule has 0 fully saturated rings. The quantitative estimate of drug-likeness (QED) is 0.525. The van der Waals surface area contributed by atoms with Gasteiger partial charge in [0.25, 0.3) is 0 Å². The number of rotatable bonds is 5. The van der Waals surface area contributed by atoms with E-state index in [2.05, 4.69) is 35.8 Å². The highest BCUT2D eigenvalue weighted by Crippen LogP contribution is 2.29. The molecule has 5 heteroatoms. The molecular formula is C16H15N3OS. The predicted octanol–water partition coefficient (Wildman–Crippen LogP) is 4.11. The summed E-state index contributed by atoms with van der Waals surface area (Å²) in [7, 11) is 0. The van der Waals surface area contributed by atoms with Gasteiger partial charge < -0.3 is 4.42 Å². The van der Waals surface area contributed by atoms with Crippen LogP contribution in [0.2, 0.25) is 0 Å². The molecule has 2 heterocycles. The first-order valence-electron chi connectivity index (χ1n) is 6.60. The van der Waals surface area contributed by atoms with E-state index in [-0.39, 0.29) is 0 Å². The summed E-state index contributed by atoms with van der Waals surface area (Å²) in [5.41, 5.74) is 2.21. The Balaban J connectivity index is 2.17. The first-order chi connectivity index (χ1) is 10.3. The zero-order valence-corrected chi connectivity index (χ0v) is 12.5. The number of thioether (sulfide) groups is 1. The molecule has 4 nitrogen and oxygen atoms in total. The van der Waals surface area contributed by atoms with Crippen LogP contribution < -0.4 is 0 Å². The van der Waals surface area contributed by atoms with Gasteiger partial charge in [-0.25, -0.2) is 0 Å². The number of furan rings is 1. The molecule has 2 aromatic heterocycles. The lowest BCUT2D eigenvalue weighted by atomic mass is 10.2. The number of benzene rings is 1. The number of aryl methyl sites for hydroxylation is 1. The third kappa shape index (κ3) is 2.64. The Bertz CT molecular complexity index is 747. The second-order valence-corrected chi connectivity index (χ2v) is 5.49. The average Bonchev–Trinajstić information content (AvgIpc) is 3.14. The molecular weight excluding hydrogens is 282 g/mol. The summed E-state index contributed by atoms with van der Waals surface area (Å²) in [5.74, 6) is 2.19. The first-order valence-corrected chi connectivity index (χ1v) is 7.59. The van der Waals surface area contributed by atoms with E-state index in [0.717, 1.165) is 22.2 Å². The number of para-hydroxylation sites is 1. The molecule has 1 aromatic carbocycles. The maximum Gasteiger partial charge on any atom is 0.205 e. The van der Waals surface area contributed by atoms with Gasteiger partial charge in [-0.2, -0.15) is 0 Å². The van der Waals surface area contributed by atoms with Gasteiger partial charge in [-0.3, -0.25) is 4.57 Å². The Labute approximate surface area is 127 Å². The van der Waals surface area contributed by atoms with E-state index in [4.69, 9.17) is 4.42 Å². The fourth-order valence-electron chi connectivity index (χ4n) is 2.09. The van der Waals surface area contributed by atoms with Crippen molar-refractivity contribution in [2.24, 2.45) is 0 Å². The smallest absolute Gasteiger partial charge is 0.205 e. The first kappa shape index (κ1) is 13.7. The van der Waals surface area contributed by atoms with Gasteiger partial charge in [0.05, 0.1) is 12.0 Å². The molecule has 0 saturated heterocycles. The van der Waals surface area contributed by atoms with Crippen LogP contribution in [0.5, 0.6) is 0 Å². The van der Waals surface area contributed by atoms with E-state index < -0.39 is 0 Å². The Kier molecular flexibility index (Phi) is 3.92. The number of aromatic nitrogens is 3. The second kappa shape index (κ2) is 6.01. The molecule has 0 unspecified atom stereocenters. The fourth-order valence-corrected chi connectivity index (χ4v) is 2.77. The molecule has 0 aliphatic rings. The van der Waals surface area contributed by atoms with Gasteiger partial charge in [0.15, 0.2) is 10.9 Å². The van der Waals surface area contributed by atoms with Crippen LogP contribution in [-0.4, -0.2) is 20.5 Å². The molecule has 0 atom stereocenters. The molecule has 0 bridgehead atoms. The van der Waals surface area contributed by atoms with Crippen molar-refractivity contribution in [1.29, 1.82) is 0 Å². The molecule has 3 rings (SSSR count). The van der Waals surface area contributed by atoms with Crippen LogP contribution in [-0.2, 0) is 0 Å². The highest BCUT2D eigenvalue weighted by molar-refractivity contribution is 7.99. The van der Waals surface area contributed by atoms with Crippen molar-refractivity contribution in [3.8, 4) is 17.3 Å². The van der Waals surface area contributed by atoms with Crippen molar-refractivity contribution < 1.29 is 4.42 Å². The summed E-state index contributed by atoms with van der Waals surface area (Å²) in [4.78, 5) is 0. The van der Waals surface area contributed by atoms with Crippen LogP contribution in [0.15, 0.2) is 64.9 Å². The molecule has 3 aromatic rings. The highest BCUT2D eigenvalue weighted by Gasteiger charge is 2.18. The van der Waals surface area contributed by atoms with Crippen molar-refractivity contribution in [2.75, 3.05) is 5.75 Å². The van der Waals surface area contributed by atoms with Crippen LogP contribution >= 0.6 is 11.8 Å². The molecule has 0 aliphatic heterocycles. The maximum atomic E-state index is 5.49. The van der Waals surface area contributed by atoms with Gasteiger partial charge in [0, 0.05) is 5.75 Å². The van der Waals surface area contributed by atoms with Gasteiger partial charge in [-0.1, -0.05) is 36.0 Å². The van der Waals surface area contributed by atoms with Crippen LogP contribution in [0.4, 0.5) is 0 Å². The summed E-state index contributed by atoms with van der Waals surface area (Å²) in [6, 6.07) is 11.9. The van der Waals surface area contributed by atoms with E-state index in [0.29, 0.717) is 11.6 Å². The van der Waals surface area contributed by atoms with Crippen LogP contribution in [0.25, 0.3) is 17.3 Å². The monoisotopic (exact) mass is 297 g/mol. The van der Waals surface area contributed by atoms with Crippen LogP contribution in [0, 0.1) is 6.92 Å². The summed E-state index contributed by atoms with van der Waals surface area (Å²) in [6.45, 7) is 5.83. The van der Waals surface area contributed by atoms with Gasteiger partial charge >= 0.3 is 0 Å². The highest BCUT2D eigenvalue weighted by atomic mass is 32.2. The average molecular weight is 297 g/mol. The number of hydrogen-bond donors (Lipinski definition) is 0. The molecule has 0 radical (unpaired) electrons. The van der Waals surface area contributed by atoms with Crippen molar-refractivity contribution in [3.63, 3.8) is 0 Å². The third-order valence-electron chi connectivity index (χ3n) is 3.06. The van der Waals surface area contributed by atoms with Gasteiger partial charge in [0.1, 0.15) is 0 Å². The van der Waals surface area contributed by atoms with Crippen molar-refractivity contribution in [2.45, 2.75) is 12.1 Å². The summed E-state index contributed by atoms with van der Waals surface area (Å²) < 4.78 is 7.52. The lowest BCUT2D eigenvalue weighted by Crippen LogP contribution is -2.01. The third-order valence-corrected chi connectivity index (χ3v) is 3.99. The Morgan fingerprint density at radius 2 is 2.10 bits per heavy atom. The number of hydrogen-bond acceptors (Lipinski definition) is 4. The van der Waals surface area contributed by atoms with Crippen molar-refractivity contribution in [3.05, 3.63) is 60.9 Å². The minimum atomic E-state index is 0.705.